The molecule has 0 atom stereocenters. The number of hydrogen-bond donors (Lipinski definition) is 0. The molecule has 0 N–H and O–H groups in total. The van der Waals surface area contributed by atoms with E-state index in [2.05, 4.69) is 213 Å². The molecule has 0 spiro atoms. The van der Waals surface area contributed by atoms with Crippen molar-refractivity contribution in [1.29, 1.82) is 0 Å². The summed E-state index contributed by atoms with van der Waals surface area (Å²) in [5, 5.41) is 7.05. The van der Waals surface area contributed by atoms with Gasteiger partial charge in [-0.2, -0.15) is 11.3 Å². The molecule has 8 heteroatoms. The van der Waals surface area contributed by atoms with Gasteiger partial charge in [0, 0.05) is 47.8 Å². The number of benzene rings is 9. The van der Waals surface area contributed by atoms with E-state index in [0.717, 1.165) is 94.0 Å². The monoisotopic (exact) mass is 1260 g/mol. The van der Waals surface area contributed by atoms with Crippen LogP contribution in [0.15, 0.2) is 206 Å². The minimum atomic E-state index is -2.00. The molecular formula is C69H55FGeIrN4S-2. The molecule has 0 bridgehead atoms. The van der Waals surface area contributed by atoms with E-state index in [0.29, 0.717) is 11.5 Å². The summed E-state index contributed by atoms with van der Waals surface area (Å²) in [5.41, 5.74) is 14.3. The first kappa shape index (κ1) is 51.7. The van der Waals surface area contributed by atoms with Crippen LogP contribution in [0.2, 0.25) is 17.3 Å². The molecule has 0 amide bonds. The van der Waals surface area contributed by atoms with E-state index in [1.165, 1.54) is 43.1 Å². The van der Waals surface area contributed by atoms with Gasteiger partial charge >= 0.3 is 165 Å². The van der Waals surface area contributed by atoms with Crippen molar-refractivity contribution in [3.63, 3.8) is 0 Å². The molecule has 4 aromatic heterocycles. The van der Waals surface area contributed by atoms with Crippen molar-refractivity contribution in [2.45, 2.75) is 44.5 Å². The van der Waals surface area contributed by atoms with Crippen LogP contribution in [0, 0.1) is 30.8 Å². The van der Waals surface area contributed by atoms with E-state index in [1.807, 2.05) is 42.5 Å². The van der Waals surface area contributed by atoms with Crippen LogP contribution in [-0.2, 0) is 26.5 Å². The second-order valence-corrected chi connectivity index (χ2v) is 32.6. The fourth-order valence-corrected chi connectivity index (χ4v) is 15.3. The molecule has 0 aliphatic heterocycles. The number of aromatic nitrogens is 4. The third-order valence-electron chi connectivity index (χ3n) is 14.3. The second-order valence-electron chi connectivity index (χ2n) is 21.1. The first-order chi connectivity index (χ1) is 37.0. The number of aryl methyl sites for hydroxylation is 1. The van der Waals surface area contributed by atoms with Crippen molar-refractivity contribution in [1.82, 2.24) is 19.5 Å². The van der Waals surface area contributed by atoms with Gasteiger partial charge in [0.05, 0.1) is 16.9 Å². The van der Waals surface area contributed by atoms with Gasteiger partial charge in [-0.1, -0.05) is 138 Å². The largest absolute Gasteiger partial charge is 0.332 e. The Balaban J connectivity index is 0.000000192. The summed E-state index contributed by atoms with van der Waals surface area (Å²) in [7, 11) is 0. The van der Waals surface area contributed by atoms with Crippen molar-refractivity contribution in [3.05, 3.63) is 236 Å². The average Bonchev–Trinajstić information content (AvgIpc) is 4.27. The molecule has 0 aliphatic rings. The maximum Gasteiger partial charge on any atom is 0.113 e. The number of hydrogen-bond acceptors (Lipinski definition) is 4. The standard InChI is InChI=1S/C45H28N3S.C24H27FGeN.Ir/c1-28-23-25-38-37-21-12-22-39(43(37)49-45(38)46-28)44-47-41-35-19-10-8-17-33(35)34-18-9-11-20-36(34)42(41)48(44)40-27-31(29-13-4-2-5-14-29)24-26-32(40)30-15-6-3-7-16-30;1-17(2)13-20-15-24(27-16-23(20)26(3,4)5)19-11-12-22(25)21(14-19)18-9-7-6-8-10-18;/h2-21,23-27H,1H3;6-10,12,14-17H,13H2,1-5H3;/q2*-1;. The van der Waals surface area contributed by atoms with E-state index < -0.39 is 13.3 Å². The summed E-state index contributed by atoms with van der Waals surface area (Å²) >= 11 is -0.280. The van der Waals surface area contributed by atoms with E-state index in [1.54, 1.807) is 11.3 Å². The Kier molecular flexibility index (Phi) is 14.5. The summed E-state index contributed by atoms with van der Waals surface area (Å²) in [4.78, 5) is 16.3. The molecule has 0 aliphatic carbocycles. The van der Waals surface area contributed by atoms with E-state index in [-0.39, 0.29) is 25.9 Å². The number of imidazole rings is 1. The SMILES string of the molecule is CC(C)Cc1cc(-c2[c-]cc(F)c(-c3ccccc3)c2)nc[c]1[Ge]([CH3])([CH3])[CH3].Cc1ccc2c(n1)sc1c(-c3nc4c5ccccc5c5ccccc5c4n3-c3cc(-c4ccccc4)ccc3-c3ccccc3)[c-]ccc12.[Ir]. The van der Waals surface area contributed by atoms with Gasteiger partial charge in [-0.25, -0.2) is 4.98 Å². The number of rotatable bonds is 9. The normalized spacial score (nSPS) is 11.6. The summed E-state index contributed by atoms with van der Waals surface area (Å²) in [6.07, 6.45) is 3.10. The topological polar surface area (TPSA) is 43.6 Å². The molecule has 4 nitrogen and oxygen atoms in total. The van der Waals surface area contributed by atoms with Crippen LogP contribution >= 0.6 is 11.3 Å². The van der Waals surface area contributed by atoms with Gasteiger partial charge in [0.15, 0.2) is 0 Å². The van der Waals surface area contributed by atoms with Crippen LogP contribution in [0.1, 0.15) is 25.1 Å². The molecule has 13 aromatic rings. The van der Waals surface area contributed by atoms with Gasteiger partial charge in [0.2, 0.25) is 0 Å². The van der Waals surface area contributed by atoms with E-state index in [9.17, 15) is 4.39 Å². The van der Waals surface area contributed by atoms with Crippen molar-refractivity contribution in [2.24, 2.45) is 5.92 Å². The van der Waals surface area contributed by atoms with Gasteiger partial charge in [0.1, 0.15) is 4.83 Å². The fourth-order valence-electron chi connectivity index (χ4n) is 10.8. The second kappa shape index (κ2) is 21.6. The Bertz CT molecular complexity index is 4300. The van der Waals surface area contributed by atoms with Crippen molar-refractivity contribution in [3.8, 4) is 61.7 Å². The van der Waals surface area contributed by atoms with Gasteiger partial charge in [-0.15, -0.1) is 18.2 Å². The fraction of sp³-hybridized carbons (Fsp3) is 0.116. The first-order valence-corrected chi connectivity index (χ1v) is 34.2. The zero-order valence-corrected chi connectivity index (χ0v) is 49.1. The Morgan fingerprint density at radius 1 is 0.597 bits per heavy atom. The summed E-state index contributed by atoms with van der Waals surface area (Å²) < 4.78 is 19.4. The maximum atomic E-state index is 14.4. The Morgan fingerprint density at radius 2 is 1.22 bits per heavy atom. The van der Waals surface area contributed by atoms with Gasteiger partial charge in [0.25, 0.3) is 0 Å². The number of nitrogens with zero attached hydrogens (tertiary/aromatic N) is 4. The Morgan fingerprint density at radius 3 is 1.90 bits per heavy atom. The number of thiophene rings is 1. The van der Waals surface area contributed by atoms with Crippen molar-refractivity contribution < 1.29 is 24.5 Å². The van der Waals surface area contributed by atoms with Gasteiger partial charge in [-0.3, -0.25) is 4.98 Å². The van der Waals surface area contributed by atoms with E-state index in [4.69, 9.17) is 15.0 Å². The van der Waals surface area contributed by atoms with Crippen LogP contribution < -0.4 is 4.40 Å². The molecule has 13 rings (SSSR count). The quantitative estimate of drug-likeness (QED) is 0.0822. The molecule has 0 unspecified atom stereocenters. The van der Waals surface area contributed by atoms with Crippen LogP contribution in [0.5, 0.6) is 0 Å². The predicted molar refractivity (Wildman–Crippen MR) is 322 cm³/mol. The Labute approximate surface area is 470 Å². The van der Waals surface area contributed by atoms with Crippen molar-refractivity contribution >= 4 is 81.9 Å². The Hall–Kier alpha value is -7.39. The van der Waals surface area contributed by atoms with Crippen molar-refractivity contribution in [2.75, 3.05) is 0 Å². The third-order valence-corrected chi connectivity index (χ3v) is 19.8. The summed E-state index contributed by atoms with van der Waals surface area (Å²) in [6, 6.07) is 76.0. The zero-order chi connectivity index (χ0) is 52.1. The van der Waals surface area contributed by atoms with Crippen LogP contribution in [0.4, 0.5) is 4.39 Å². The predicted octanol–water partition coefficient (Wildman–Crippen LogP) is 18.3. The minimum Gasteiger partial charge on any atom is -0.332 e. The third kappa shape index (κ3) is 9.99. The van der Waals surface area contributed by atoms with Gasteiger partial charge in [-0.05, 0) is 56.6 Å². The molecule has 77 heavy (non-hydrogen) atoms. The number of fused-ring (bicyclic) bond motifs is 9. The molecule has 1 radical (unpaired) electrons. The van der Waals surface area contributed by atoms with E-state index >= 15 is 0 Å². The molecule has 0 saturated carbocycles. The average molecular weight is 1260 g/mol. The minimum absolute atomic E-state index is 0. The molecule has 4 heterocycles. The maximum absolute atomic E-state index is 14.4. The molecule has 0 saturated heterocycles. The first-order valence-electron chi connectivity index (χ1n) is 26.0. The molecule has 379 valence electrons. The van der Waals surface area contributed by atoms with Crippen LogP contribution in [-0.4, -0.2) is 32.8 Å². The zero-order valence-electron chi connectivity index (χ0n) is 43.8. The van der Waals surface area contributed by atoms with Crippen LogP contribution in [0.3, 0.4) is 0 Å². The molecule has 0 fully saturated rings. The van der Waals surface area contributed by atoms with Crippen LogP contribution in [0.25, 0.3) is 115 Å². The summed E-state index contributed by atoms with van der Waals surface area (Å²) in [6.45, 7) is 6.55. The molecular weight excluding hydrogens is 1200 g/mol. The number of halogens is 1. The summed E-state index contributed by atoms with van der Waals surface area (Å²) in [5.74, 6) is 8.40. The smallest absolute Gasteiger partial charge is 0.113 e. The molecule has 9 aromatic carbocycles. The number of pyridine rings is 2. The van der Waals surface area contributed by atoms with Gasteiger partial charge < -0.3 is 4.57 Å².